The number of hydrogen-bond donors (Lipinski definition) is 3. The van der Waals surface area contributed by atoms with Crippen LogP contribution in [0.2, 0.25) is 0 Å². The number of carbonyl (C=O) groups excluding carboxylic acids is 2. The molecule has 124 valence electrons. The Bertz CT molecular complexity index is 525. The first kappa shape index (κ1) is 20.4. The van der Waals surface area contributed by atoms with E-state index in [1.165, 1.54) is 0 Å². The van der Waals surface area contributed by atoms with Gasteiger partial charge in [0.15, 0.2) is 0 Å². The summed E-state index contributed by atoms with van der Waals surface area (Å²) in [6.07, 6.45) is 0.411. The molecule has 1 aromatic carbocycles. The Labute approximate surface area is 138 Å². The average Bonchev–Trinajstić information content (AvgIpc) is 2.39. The molecule has 0 heterocycles. The van der Waals surface area contributed by atoms with E-state index in [-0.39, 0.29) is 24.2 Å². The molecule has 0 saturated heterocycles. The van der Waals surface area contributed by atoms with Crippen LogP contribution in [0, 0.1) is 12.3 Å². The number of amides is 2. The molecule has 0 aliphatic rings. The van der Waals surface area contributed by atoms with Gasteiger partial charge in [-0.25, -0.2) is 0 Å². The van der Waals surface area contributed by atoms with E-state index in [9.17, 15) is 9.59 Å². The van der Waals surface area contributed by atoms with Crippen molar-refractivity contribution in [1.29, 1.82) is 0 Å². The fourth-order valence-corrected chi connectivity index (χ4v) is 1.61. The normalized spacial score (nSPS) is 10.6. The number of halogens is 1. The minimum absolute atomic E-state index is 0. The molecule has 0 bridgehead atoms. The standard InChI is InChI=1S/C16H25N3O2.ClH/c1-11-6-7-12(18-14(20)8-9-17-5)10-13(11)19-15(21)16(2,3)4;/h6-7,10,17H,8-9H2,1-5H3,(H,18,20)(H,19,21);1H. The van der Waals surface area contributed by atoms with E-state index >= 15 is 0 Å². The van der Waals surface area contributed by atoms with Crippen LogP contribution in [-0.2, 0) is 9.59 Å². The molecule has 0 unspecified atom stereocenters. The zero-order valence-electron chi connectivity index (χ0n) is 13.9. The van der Waals surface area contributed by atoms with Crippen molar-refractivity contribution in [1.82, 2.24) is 5.32 Å². The lowest BCUT2D eigenvalue weighted by atomic mass is 9.95. The topological polar surface area (TPSA) is 70.2 Å². The second-order valence-electron chi connectivity index (χ2n) is 6.14. The van der Waals surface area contributed by atoms with Gasteiger partial charge in [0.2, 0.25) is 11.8 Å². The average molecular weight is 328 g/mol. The maximum Gasteiger partial charge on any atom is 0.229 e. The fraction of sp³-hybridized carbons (Fsp3) is 0.500. The van der Waals surface area contributed by atoms with Crippen molar-refractivity contribution in [3.8, 4) is 0 Å². The zero-order valence-corrected chi connectivity index (χ0v) is 14.7. The van der Waals surface area contributed by atoms with Gasteiger partial charge in [0, 0.05) is 29.8 Å². The lowest BCUT2D eigenvalue weighted by molar-refractivity contribution is -0.123. The highest BCUT2D eigenvalue weighted by atomic mass is 35.5. The first-order chi connectivity index (χ1) is 9.74. The number of rotatable bonds is 5. The van der Waals surface area contributed by atoms with E-state index in [1.807, 2.05) is 39.8 Å². The molecule has 1 aromatic rings. The van der Waals surface area contributed by atoms with Crippen LogP contribution in [0.3, 0.4) is 0 Å². The highest BCUT2D eigenvalue weighted by molar-refractivity contribution is 5.97. The Morgan fingerprint density at radius 1 is 1.14 bits per heavy atom. The van der Waals surface area contributed by atoms with Gasteiger partial charge in [0.25, 0.3) is 0 Å². The van der Waals surface area contributed by atoms with Crippen LogP contribution in [0.1, 0.15) is 32.8 Å². The van der Waals surface area contributed by atoms with Crippen LogP contribution in [-0.4, -0.2) is 25.4 Å². The molecule has 0 fully saturated rings. The van der Waals surface area contributed by atoms with Crippen molar-refractivity contribution in [2.24, 2.45) is 5.41 Å². The molecule has 0 aromatic heterocycles. The largest absolute Gasteiger partial charge is 0.326 e. The van der Waals surface area contributed by atoms with Crippen molar-refractivity contribution in [2.45, 2.75) is 34.1 Å². The van der Waals surface area contributed by atoms with Gasteiger partial charge in [0.05, 0.1) is 0 Å². The number of nitrogens with one attached hydrogen (secondary N) is 3. The summed E-state index contributed by atoms with van der Waals surface area (Å²) >= 11 is 0. The van der Waals surface area contributed by atoms with Crippen LogP contribution in [0.5, 0.6) is 0 Å². The third-order valence-corrected chi connectivity index (χ3v) is 3.05. The van der Waals surface area contributed by atoms with Crippen molar-refractivity contribution in [3.05, 3.63) is 23.8 Å². The van der Waals surface area contributed by atoms with Crippen LogP contribution in [0.15, 0.2) is 18.2 Å². The first-order valence-electron chi connectivity index (χ1n) is 7.10. The van der Waals surface area contributed by atoms with Gasteiger partial charge in [-0.2, -0.15) is 0 Å². The second kappa shape index (κ2) is 8.76. The number of aryl methyl sites for hydroxylation is 1. The van der Waals surface area contributed by atoms with Gasteiger partial charge >= 0.3 is 0 Å². The maximum atomic E-state index is 12.1. The van der Waals surface area contributed by atoms with E-state index in [1.54, 1.807) is 13.1 Å². The Hall–Kier alpha value is -1.59. The van der Waals surface area contributed by atoms with Gasteiger partial charge in [-0.1, -0.05) is 26.8 Å². The number of anilines is 2. The molecule has 0 radical (unpaired) electrons. The quantitative estimate of drug-likeness (QED) is 0.778. The maximum absolute atomic E-state index is 12.1. The summed E-state index contributed by atoms with van der Waals surface area (Å²) in [4.78, 5) is 23.8. The highest BCUT2D eigenvalue weighted by Gasteiger charge is 2.21. The SMILES string of the molecule is CNCCC(=O)Nc1ccc(C)c(NC(=O)C(C)(C)C)c1.Cl. The minimum Gasteiger partial charge on any atom is -0.326 e. The summed E-state index contributed by atoms with van der Waals surface area (Å²) in [5.41, 5.74) is 1.91. The summed E-state index contributed by atoms with van der Waals surface area (Å²) in [5, 5.41) is 8.66. The zero-order chi connectivity index (χ0) is 16.0. The molecular formula is C16H26ClN3O2. The van der Waals surface area contributed by atoms with E-state index in [4.69, 9.17) is 0 Å². The van der Waals surface area contributed by atoms with Crippen molar-refractivity contribution < 1.29 is 9.59 Å². The van der Waals surface area contributed by atoms with Gasteiger partial charge in [-0.05, 0) is 31.7 Å². The van der Waals surface area contributed by atoms with E-state index in [2.05, 4.69) is 16.0 Å². The molecular weight excluding hydrogens is 302 g/mol. The summed E-state index contributed by atoms with van der Waals surface area (Å²) in [6, 6.07) is 5.50. The van der Waals surface area contributed by atoms with Crippen LogP contribution < -0.4 is 16.0 Å². The summed E-state index contributed by atoms with van der Waals surface area (Å²) in [5.74, 6) is -0.106. The number of hydrogen-bond acceptors (Lipinski definition) is 3. The molecule has 5 nitrogen and oxygen atoms in total. The summed E-state index contributed by atoms with van der Waals surface area (Å²) in [7, 11) is 1.80. The van der Waals surface area contributed by atoms with Gasteiger partial charge in [0.1, 0.15) is 0 Å². The second-order valence-corrected chi connectivity index (χ2v) is 6.14. The smallest absolute Gasteiger partial charge is 0.229 e. The van der Waals surface area contributed by atoms with E-state index < -0.39 is 5.41 Å². The molecule has 0 spiro atoms. The molecule has 6 heteroatoms. The third kappa shape index (κ3) is 6.45. The predicted octanol–water partition coefficient (Wildman–Crippen LogP) is 2.95. The highest BCUT2D eigenvalue weighted by Crippen LogP contribution is 2.23. The molecule has 22 heavy (non-hydrogen) atoms. The lowest BCUT2D eigenvalue weighted by Crippen LogP contribution is -2.28. The van der Waals surface area contributed by atoms with E-state index in [0.717, 1.165) is 11.3 Å². The first-order valence-corrected chi connectivity index (χ1v) is 7.10. The molecule has 3 N–H and O–H groups in total. The van der Waals surface area contributed by atoms with Crippen LogP contribution in [0.25, 0.3) is 0 Å². The molecule has 1 rings (SSSR count). The van der Waals surface area contributed by atoms with Crippen molar-refractivity contribution >= 4 is 35.6 Å². The molecule has 0 aliphatic heterocycles. The van der Waals surface area contributed by atoms with Crippen molar-refractivity contribution in [3.63, 3.8) is 0 Å². The summed E-state index contributed by atoms with van der Waals surface area (Å²) in [6.45, 7) is 8.14. The van der Waals surface area contributed by atoms with Crippen LogP contribution >= 0.6 is 12.4 Å². The summed E-state index contributed by atoms with van der Waals surface area (Å²) < 4.78 is 0. The Morgan fingerprint density at radius 3 is 2.32 bits per heavy atom. The van der Waals surface area contributed by atoms with Gasteiger partial charge in [-0.15, -0.1) is 12.4 Å². The number of carbonyl (C=O) groups is 2. The van der Waals surface area contributed by atoms with Gasteiger partial charge < -0.3 is 16.0 Å². The monoisotopic (exact) mass is 327 g/mol. The Morgan fingerprint density at radius 2 is 1.77 bits per heavy atom. The van der Waals surface area contributed by atoms with Crippen LogP contribution in [0.4, 0.5) is 11.4 Å². The van der Waals surface area contributed by atoms with Gasteiger partial charge in [-0.3, -0.25) is 9.59 Å². The Balaban J connectivity index is 0.00000441. The predicted molar refractivity (Wildman–Crippen MR) is 93.7 cm³/mol. The molecule has 0 aliphatic carbocycles. The van der Waals surface area contributed by atoms with Crippen molar-refractivity contribution in [2.75, 3.05) is 24.2 Å². The molecule has 2 amide bonds. The minimum atomic E-state index is -0.460. The fourth-order valence-electron chi connectivity index (χ4n) is 1.61. The van der Waals surface area contributed by atoms with E-state index in [0.29, 0.717) is 18.7 Å². The molecule has 0 saturated carbocycles. The Kier molecular flexibility index (Phi) is 8.12. The number of benzene rings is 1. The molecule has 0 atom stereocenters. The third-order valence-electron chi connectivity index (χ3n) is 3.05. The lowest BCUT2D eigenvalue weighted by Gasteiger charge is -2.19.